The van der Waals surface area contributed by atoms with Gasteiger partial charge in [0.15, 0.2) is 6.10 Å². The summed E-state index contributed by atoms with van der Waals surface area (Å²) in [6.45, 7) is 1.40. The van der Waals surface area contributed by atoms with Crippen LogP contribution in [0.1, 0.15) is 67.4 Å². The van der Waals surface area contributed by atoms with Crippen molar-refractivity contribution < 1.29 is 23.9 Å². The number of ether oxygens (including phenoxy) is 1. The second-order valence-electron chi connectivity index (χ2n) is 8.44. The Morgan fingerprint density at radius 2 is 1.53 bits per heavy atom. The Balaban J connectivity index is 1.55. The molecule has 1 fully saturated rings. The second kappa shape index (κ2) is 12.5. The van der Waals surface area contributed by atoms with E-state index in [0.29, 0.717) is 5.56 Å². The van der Waals surface area contributed by atoms with Gasteiger partial charge in [0.05, 0.1) is 12.5 Å². The fraction of sp³-hybridized carbons (Fsp3) is 0.385. The van der Waals surface area contributed by atoms with Crippen LogP contribution in [-0.4, -0.2) is 36.0 Å². The van der Waals surface area contributed by atoms with Gasteiger partial charge in [-0.1, -0.05) is 67.8 Å². The lowest BCUT2D eigenvalue weighted by Crippen LogP contribution is -2.48. The van der Waals surface area contributed by atoms with Gasteiger partial charge < -0.3 is 15.4 Å². The van der Waals surface area contributed by atoms with Crippen molar-refractivity contribution in [2.75, 3.05) is 0 Å². The van der Waals surface area contributed by atoms with Crippen molar-refractivity contribution in [2.24, 2.45) is 0 Å². The van der Waals surface area contributed by atoms with Crippen LogP contribution >= 0.6 is 0 Å². The number of nitrogens with one attached hydrogen (secondary N) is 3. The fourth-order valence-corrected chi connectivity index (χ4v) is 3.92. The molecule has 3 N–H and O–H groups in total. The first-order chi connectivity index (χ1) is 16.4. The normalized spacial score (nSPS) is 15.4. The third-order valence-electron chi connectivity index (χ3n) is 5.77. The topological polar surface area (TPSA) is 114 Å². The summed E-state index contributed by atoms with van der Waals surface area (Å²) in [5, 5.41) is 7.88. The van der Waals surface area contributed by atoms with Gasteiger partial charge in [0.2, 0.25) is 0 Å². The second-order valence-corrected chi connectivity index (χ2v) is 8.44. The molecule has 0 saturated heterocycles. The zero-order valence-electron chi connectivity index (χ0n) is 19.3. The number of esters is 1. The molecule has 8 heteroatoms. The monoisotopic (exact) mass is 465 g/mol. The molecule has 2 aromatic rings. The average Bonchev–Trinajstić information content (AvgIpc) is 2.85. The Kier molecular flexibility index (Phi) is 9.20. The minimum Gasteiger partial charge on any atom is -0.452 e. The molecule has 2 aromatic carbocycles. The quantitative estimate of drug-likeness (QED) is 0.515. The van der Waals surface area contributed by atoms with E-state index in [0.717, 1.165) is 37.7 Å². The molecule has 0 aromatic heterocycles. The summed E-state index contributed by atoms with van der Waals surface area (Å²) in [5.41, 5.74) is 1.20. The summed E-state index contributed by atoms with van der Waals surface area (Å²) in [4.78, 5) is 49.7. The van der Waals surface area contributed by atoms with Gasteiger partial charge in [-0.3, -0.25) is 19.7 Å². The molecule has 180 valence electrons. The van der Waals surface area contributed by atoms with Gasteiger partial charge in [0.1, 0.15) is 0 Å². The van der Waals surface area contributed by atoms with Crippen LogP contribution in [0, 0.1) is 0 Å². The van der Waals surface area contributed by atoms with E-state index in [1.54, 1.807) is 36.4 Å². The van der Waals surface area contributed by atoms with Crippen LogP contribution < -0.4 is 16.0 Å². The summed E-state index contributed by atoms with van der Waals surface area (Å²) in [6, 6.07) is 16.6. The van der Waals surface area contributed by atoms with Crippen LogP contribution in [0.5, 0.6) is 0 Å². The smallest absolute Gasteiger partial charge is 0.321 e. The maximum atomic E-state index is 12.7. The molecule has 2 atom stereocenters. The van der Waals surface area contributed by atoms with Gasteiger partial charge in [0.25, 0.3) is 11.8 Å². The van der Waals surface area contributed by atoms with Gasteiger partial charge in [-0.2, -0.15) is 0 Å². The van der Waals surface area contributed by atoms with E-state index in [4.69, 9.17) is 4.74 Å². The van der Waals surface area contributed by atoms with Crippen LogP contribution in [0.3, 0.4) is 0 Å². The van der Waals surface area contributed by atoms with E-state index < -0.39 is 30.1 Å². The van der Waals surface area contributed by atoms with Crippen molar-refractivity contribution in [2.45, 2.75) is 63.6 Å². The lowest BCUT2D eigenvalue weighted by molar-refractivity contribution is -0.154. The fourth-order valence-electron chi connectivity index (χ4n) is 3.92. The maximum absolute atomic E-state index is 12.7. The van der Waals surface area contributed by atoms with E-state index in [1.165, 1.54) is 6.92 Å². The standard InChI is InChI=1S/C26H31N3O5/c1-18(24(31)29-26(33)27-21-15-9-4-10-16-21)34-23(30)17-22(19-11-5-2-6-12-19)28-25(32)20-13-7-3-8-14-20/h2-3,5-8,11-14,18,21-22H,4,9-10,15-17H2,1H3,(H,28,32)(H2,27,29,31,33). The van der Waals surface area contributed by atoms with Crippen molar-refractivity contribution in [3.05, 3.63) is 71.8 Å². The van der Waals surface area contributed by atoms with Crippen LogP contribution in [0.4, 0.5) is 4.79 Å². The molecule has 0 spiro atoms. The number of amides is 4. The lowest BCUT2D eigenvalue weighted by atomic mass is 9.96. The van der Waals surface area contributed by atoms with Crippen molar-refractivity contribution >= 4 is 23.8 Å². The maximum Gasteiger partial charge on any atom is 0.321 e. The molecule has 0 heterocycles. The van der Waals surface area contributed by atoms with E-state index >= 15 is 0 Å². The first kappa shape index (κ1) is 25.0. The molecule has 0 radical (unpaired) electrons. The summed E-state index contributed by atoms with van der Waals surface area (Å²) >= 11 is 0. The highest BCUT2D eigenvalue weighted by Gasteiger charge is 2.25. The van der Waals surface area contributed by atoms with E-state index in [9.17, 15) is 19.2 Å². The van der Waals surface area contributed by atoms with Crippen LogP contribution in [0.15, 0.2) is 60.7 Å². The highest BCUT2D eigenvalue weighted by molar-refractivity contribution is 5.97. The molecule has 1 aliphatic carbocycles. The minimum absolute atomic E-state index is 0.0549. The Bertz CT molecular complexity index is 974. The average molecular weight is 466 g/mol. The predicted molar refractivity (Wildman–Crippen MR) is 127 cm³/mol. The van der Waals surface area contributed by atoms with E-state index in [1.807, 2.05) is 24.3 Å². The van der Waals surface area contributed by atoms with Crippen molar-refractivity contribution in [3.8, 4) is 0 Å². The molecule has 1 saturated carbocycles. The first-order valence-corrected chi connectivity index (χ1v) is 11.6. The number of urea groups is 1. The van der Waals surface area contributed by atoms with E-state index in [-0.39, 0.29) is 18.4 Å². The largest absolute Gasteiger partial charge is 0.452 e. The molecule has 1 aliphatic rings. The number of rotatable bonds is 8. The number of carbonyl (C=O) groups is 4. The molecule has 0 aliphatic heterocycles. The summed E-state index contributed by atoms with van der Waals surface area (Å²) in [6.07, 6.45) is 3.71. The number of hydrogen-bond acceptors (Lipinski definition) is 5. The predicted octanol–water partition coefficient (Wildman–Crippen LogP) is 3.64. The van der Waals surface area contributed by atoms with Crippen molar-refractivity contribution in [3.63, 3.8) is 0 Å². The summed E-state index contributed by atoms with van der Waals surface area (Å²) in [7, 11) is 0. The van der Waals surface area contributed by atoms with Gasteiger partial charge in [-0.15, -0.1) is 0 Å². The van der Waals surface area contributed by atoms with Crippen molar-refractivity contribution in [1.82, 2.24) is 16.0 Å². The van der Waals surface area contributed by atoms with Gasteiger partial charge >= 0.3 is 12.0 Å². The molecule has 34 heavy (non-hydrogen) atoms. The van der Waals surface area contributed by atoms with Gasteiger partial charge in [-0.05, 0) is 37.5 Å². The third-order valence-corrected chi connectivity index (χ3v) is 5.77. The molecule has 2 unspecified atom stereocenters. The zero-order chi connectivity index (χ0) is 24.3. The Morgan fingerprint density at radius 3 is 2.18 bits per heavy atom. The number of hydrogen-bond donors (Lipinski definition) is 3. The molecular formula is C26H31N3O5. The molecule has 4 amide bonds. The highest BCUT2D eigenvalue weighted by atomic mass is 16.5. The lowest BCUT2D eigenvalue weighted by Gasteiger charge is -2.23. The van der Waals surface area contributed by atoms with Gasteiger partial charge in [0, 0.05) is 11.6 Å². The Morgan fingerprint density at radius 1 is 0.912 bits per heavy atom. The zero-order valence-corrected chi connectivity index (χ0v) is 19.3. The first-order valence-electron chi connectivity index (χ1n) is 11.6. The highest BCUT2D eigenvalue weighted by Crippen LogP contribution is 2.19. The van der Waals surface area contributed by atoms with Crippen LogP contribution in [0.2, 0.25) is 0 Å². The van der Waals surface area contributed by atoms with E-state index in [2.05, 4.69) is 16.0 Å². The molecular weight excluding hydrogens is 434 g/mol. The van der Waals surface area contributed by atoms with Gasteiger partial charge in [-0.25, -0.2) is 4.79 Å². The van der Waals surface area contributed by atoms with Crippen LogP contribution in [-0.2, 0) is 14.3 Å². The Hall–Kier alpha value is -3.68. The minimum atomic E-state index is -1.16. The van der Waals surface area contributed by atoms with Crippen molar-refractivity contribution in [1.29, 1.82) is 0 Å². The van der Waals surface area contributed by atoms with Crippen LogP contribution in [0.25, 0.3) is 0 Å². The summed E-state index contributed by atoms with van der Waals surface area (Å²) < 4.78 is 5.26. The molecule has 0 bridgehead atoms. The number of benzene rings is 2. The SMILES string of the molecule is CC(OC(=O)CC(NC(=O)c1ccccc1)c1ccccc1)C(=O)NC(=O)NC1CCCCC1. The third kappa shape index (κ3) is 7.72. The number of carbonyl (C=O) groups excluding carboxylic acids is 4. The molecule has 3 rings (SSSR count). The summed E-state index contributed by atoms with van der Waals surface area (Å²) in [5.74, 6) is -1.70. The number of imide groups is 1. The Labute approximate surface area is 199 Å². The molecule has 8 nitrogen and oxygen atoms in total.